The van der Waals surface area contributed by atoms with Gasteiger partial charge in [0, 0.05) is 24.3 Å². The first-order valence-electron chi connectivity index (χ1n) is 8.03. The SMILES string of the molecule is Cc1cc(S(=O)(=O)N2CCOCC2)ccc1NC(=O)c1ccccc1. The maximum Gasteiger partial charge on any atom is 0.255 e. The van der Waals surface area contributed by atoms with E-state index in [1.807, 2.05) is 6.07 Å². The van der Waals surface area contributed by atoms with Crippen molar-refractivity contribution in [1.29, 1.82) is 0 Å². The van der Waals surface area contributed by atoms with Crippen molar-refractivity contribution < 1.29 is 17.9 Å². The third-order valence-electron chi connectivity index (χ3n) is 4.09. The second-order valence-corrected chi connectivity index (χ2v) is 7.75. The van der Waals surface area contributed by atoms with Crippen LogP contribution in [-0.4, -0.2) is 44.9 Å². The summed E-state index contributed by atoms with van der Waals surface area (Å²) in [6.07, 6.45) is 0. The summed E-state index contributed by atoms with van der Waals surface area (Å²) in [6.45, 7) is 3.30. The Labute approximate surface area is 147 Å². The Hall–Kier alpha value is -2.22. The summed E-state index contributed by atoms with van der Waals surface area (Å²) < 4.78 is 32.0. The van der Waals surface area contributed by atoms with E-state index < -0.39 is 10.0 Å². The first-order chi connectivity index (χ1) is 12.0. The molecule has 0 aliphatic carbocycles. The van der Waals surface area contributed by atoms with Crippen LogP contribution in [0.25, 0.3) is 0 Å². The number of amides is 1. The lowest BCUT2D eigenvalue weighted by Crippen LogP contribution is -2.40. The first kappa shape index (κ1) is 17.6. The van der Waals surface area contributed by atoms with E-state index in [2.05, 4.69) is 5.32 Å². The topological polar surface area (TPSA) is 75.7 Å². The van der Waals surface area contributed by atoms with Gasteiger partial charge < -0.3 is 10.1 Å². The van der Waals surface area contributed by atoms with Gasteiger partial charge in [0.25, 0.3) is 5.91 Å². The van der Waals surface area contributed by atoms with Crippen LogP contribution in [0, 0.1) is 6.92 Å². The number of hydrogen-bond donors (Lipinski definition) is 1. The van der Waals surface area contributed by atoms with Crippen molar-refractivity contribution in [2.45, 2.75) is 11.8 Å². The number of benzene rings is 2. The molecule has 0 bridgehead atoms. The minimum atomic E-state index is -3.54. The third kappa shape index (κ3) is 3.89. The number of anilines is 1. The van der Waals surface area contributed by atoms with E-state index in [-0.39, 0.29) is 10.8 Å². The van der Waals surface area contributed by atoms with Gasteiger partial charge in [0.05, 0.1) is 18.1 Å². The Bertz CT molecular complexity index is 860. The molecule has 1 aliphatic rings. The number of carbonyl (C=O) groups excluding carboxylic acids is 1. The first-order valence-corrected chi connectivity index (χ1v) is 9.47. The van der Waals surface area contributed by atoms with E-state index >= 15 is 0 Å². The number of ether oxygens (including phenoxy) is 1. The number of aryl methyl sites for hydroxylation is 1. The van der Waals surface area contributed by atoms with Crippen molar-refractivity contribution in [1.82, 2.24) is 4.31 Å². The molecule has 0 saturated carbocycles. The summed E-state index contributed by atoms with van der Waals surface area (Å²) in [5.74, 6) is -0.229. The highest BCUT2D eigenvalue weighted by atomic mass is 32.2. The van der Waals surface area contributed by atoms with Crippen LogP contribution in [0.2, 0.25) is 0 Å². The molecular weight excluding hydrogens is 340 g/mol. The van der Waals surface area contributed by atoms with Gasteiger partial charge >= 0.3 is 0 Å². The van der Waals surface area contributed by atoms with Gasteiger partial charge in [-0.05, 0) is 42.8 Å². The number of carbonyl (C=O) groups is 1. The van der Waals surface area contributed by atoms with Crippen molar-refractivity contribution in [3.63, 3.8) is 0 Å². The van der Waals surface area contributed by atoms with Crippen molar-refractivity contribution in [3.05, 3.63) is 59.7 Å². The Kier molecular flexibility index (Phi) is 5.17. The predicted molar refractivity (Wildman–Crippen MR) is 95.2 cm³/mol. The fourth-order valence-electron chi connectivity index (χ4n) is 2.66. The molecule has 3 rings (SSSR count). The zero-order valence-electron chi connectivity index (χ0n) is 13.9. The third-order valence-corrected chi connectivity index (χ3v) is 5.98. The van der Waals surface area contributed by atoms with Gasteiger partial charge in [-0.15, -0.1) is 0 Å². The van der Waals surface area contributed by atoms with Gasteiger partial charge in [-0.2, -0.15) is 4.31 Å². The normalized spacial score (nSPS) is 15.7. The lowest BCUT2D eigenvalue weighted by Gasteiger charge is -2.26. The van der Waals surface area contributed by atoms with Gasteiger partial charge in [-0.25, -0.2) is 8.42 Å². The maximum atomic E-state index is 12.7. The molecular formula is C18H20N2O4S. The quantitative estimate of drug-likeness (QED) is 0.907. The predicted octanol–water partition coefficient (Wildman–Crippen LogP) is 2.27. The molecule has 1 N–H and O–H groups in total. The zero-order chi connectivity index (χ0) is 17.9. The number of nitrogens with one attached hydrogen (secondary N) is 1. The van der Waals surface area contributed by atoms with Crippen molar-refractivity contribution in [3.8, 4) is 0 Å². The molecule has 2 aromatic rings. The van der Waals surface area contributed by atoms with Gasteiger partial charge in [0.1, 0.15) is 0 Å². The molecule has 25 heavy (non-hydrogen) atoms. The van der Waals surface area contributed by atoms with Gasteiger partial charge in [0.2, 0.25) is 10.0 Å². The summed E-state index contributed by atoms with van der Waals surface area (Å²) >= 11 is 0. The number of sulfonamides is 1. The van der Waals surface area contributed by atoms with E-state index in [1.165, 1.54) is 10.4 Å². The fraction of sp³-hybridized carbons (Fsp3) is 0.278. The minimum absolute atomic E-state index is 0.226. The number of nitrogens with zero attached hydrogens (tertiary/aromatic N) is 1. The zero-order valence-corrected chi connectivity index (χ0v) is 14.8. The van der Waals surface area contributed by atoms with Crippen LogP contribution in [-0.2, 0) is 14.8 Å². The van der Waals surface area contributed by atoms with Gasteiger partial charge in [-0.3, -0.25) is 4.79 Å². The van der Waals surface area contributed by atoms with Gasteiger partial charge in [0.15, 0.2) is 0 Å². The molecule has 1 aliphatic heterocycles. The lowest BCUT2D eigenvalue weighted by molar-refractivity contribution is 0.0730. The Morgan fingerprint density at radius 1 is 1.08 bits per heavy atom. The van der Waals surface area contributed by atoms with Crippen molar-refractivity contribution in [2.24, 2.45) is 0 Å². The van der Waals surface area contributed by atoms with E-state index in [9.17, 15) is 13.2 Å². The van der Waals surface area contributed by atoms with Crippen LogP contribution >= 0.6 is 0 Å². The highest BCUT2D eigenvalue weighted by Gasteiger charge is 2.26. The van der Waals surface area contributed by atoms with Gasteiger partial charge in [-0.1, -0.05) is 18.2 Å². The van der Waals surface area contributed by atoms with Crippen LogP contribution in [0.3, 0.4) is 0 Å². The van der Waals surface area contributed by atoms with Crippen LogP contribution in [0.5, 0.6) is 0 Å². The van der Waals surface area contributed by atoms with Crippen LogP contribution < -0.4 is 5.32 Å². The summed E-state index contributed by atoms with van der Waals surface area (Å²) in [5, 5.41) is 2.82. The van der Waals surface area contributed by atoms with E-state index in [4.69, 9.17) is 4.74 Å². The number of hydrogen-bond acceptors (Lipinski definition) is 4. The molecule has 132 valence electrons. The molecule has 0 aromatic heterocycles. The molecule has 1 fully saturated rings. The Balaban J connectivity index is 1.80. The molecule has 2 aromatic carbocycles. The summed E-state index contributed by atoms with van der Waals surface area (Å²) in [7, 11) is -3.54. The molecule has 1 saturated heterocycles. The molecule has 7 heteroatoms. The van der Waals surface area contributed by atoms with E-state index in [0.29, 0.717) is 43.1 Å². The van der Waals surface area contributed by atoms with Crippen LogP contribution in [0.4, 0.5) is 5.69 Å². The molecule has 1 heterocycles. The summed E-state index contributed by atoms with van der Waals surface area (Å²) in [4.78, 5) is 12.5. The summed E-state index contributed by atoms with van der Waals surface area (Å²) in [6, 6.07) is 13.6. The minimum Gasteiger partial charge on any atom is -0.379 e. The van der Waals surface area contributed by atoms with Crippen molar-refractivity contribution in [2.75, 3.05) is 31.6 Å². The highest BCUT2D eigenvalue weighted by molar-refractivity contribution is 7.89. The molecule has 1 amide bonds. The molecule has 0 atom stereocenters. The molecule has 0 unspecified atom stereocenters. The van der Waals surface area contributed by atoms with Crippen LogP contribution in [0.1, 0.15) is 15.9 Å². The summed E-state index contributed by atoms with van der Waals surface area (Å²) in [5.41, 5.74) is 1.83. The standard InChI is InChI=1S/C18H20N2O4S/c1-14-13-16(25(22,23)20-9-11-24-12-10-20)7-8-17(14)19-18(21)15-5-3-2-4-6-15/h2-8,13H,9-12H2,1H3,(H,19,21). The second kappa shape index (κ2) is 7.35. The average Bonchev–Trinajstić information content (AvgIpc) is 2.64. The highest BCUT2D eigenvalue weighted by Crippen LogP contribution is 2.23. The Morgan fingerprint density at radius 3 is 2.40 bits per heavy atom. The number of rotatable bonds is 4. The average molecular weight is 360 g/mol. The lowest BCUT2D eigenvalue weighted by atomic mass is 10.1. The van der Waals surface area contributed by atoms with Crippen LogP contribution in [0.15, 0.2) is 53.4 Å². The van der Waals surface area contributed by atoms with E-state index in [1.54, 1.807) is 43.3 Å². The monoisotopic (exact) mass is 360 g/mol. The largest absolute Gasteiger partial charge is 0.379 e. The van der Waals surface area contributed by atoms with E-state index in [0.717, 1.165) is 0 Å². The smallest absolute Gasteiger partial charge is 0.255 e. The molecule has 0 spiro atoms. The van der Waals surface area contributed by atoms with Crippen molar-refractivity contribution >= 4 is 21.6 Å². The molecule has 0 radical (unpaired) electrons. The molecule has 6 nitrogen and oxygen atoms in total. The number of morpholine rings is 1. The fourth-order valence-corrected chi connectivity index (χ4v) is 4.15. The second-order valence-electron chi connectivity index (χ2n) is 5.81. The Morgan fingerprint density at radius 2 is 1.76 bits per heavy atom. The maximum absolute atomic E-state index is 12.7.